The maximum atomic E-state index is 5.92. The van der Waals surface area contributed by atoms with Crippen LogP contribution >= 0.6 is 11.3 Å². The predicted molar refractivity (Wildman–Crippen MR) is 106 cm³/mol. The van der Waals surface area contributed by atoms with Crippen LogP contribution in [0.1, 0.15) is 36.0 Å². The minimum absolute atomic E-state index is 0.452. The number of ether oxygens (including phenoxy) is 1. The number of aromatic nitrogens is 1. The van der Waals surface area contributed by atoms with Gasteiger partial charge in [0.25, 0.3) is 0 Å². The van der Waals surface area contributed by atoms with Crippen molar-refractivity contribution in [1.82, 2.24) is 15.6 Å². The molecule has 1 aromatic heterocycles. The lowest BCUT2D eigenvalue weighted by molar-refractivity contribution is 0.317. The summed E-state index contributed by atoms with van der Waals surface area (Å²) in [4.78, 5) is 8.70. The Morgan fingerprint density at radius 1 is 1.24 bits per heavy atom. The van der Waals surface area contributed by atoms with Gasteiger partial charge in [0.15, 0.2) is 5.96 Å². The number of aryl methyl sites for hydroxylation is 1. The van der Waals surface area contributed by atoms with Crippen LogP contribution in [0.2, 0.25) is 0 Å². The van der Waals surface area contributed by atoms with E-state index in [2.05, 4.69) is 52.0 Å². The van der Waals surface area contributed by atoms with Gasteiger partial charge in [-0.25, -0.2) is 4.98 Å². The molecule has 1 aromatic carbocycles. The second-order valence-electron chi connectivity index (χ2n) is 6.07. The number of para-hydroxylation sites is 1. The summed E-state index contributed by atoms with van der Waals surface area (Å²) in [5.74, 6) is 2.20. The number of thiazole rings is 1. The molecule has 25 heavy (non-hydrogen) atoms. The summed E-state index contributed by atoms with van der Waals surface area (Å²) >= 11 is 1.69. The molecule has 0 radical (unpaired) electrons. The van der Waals surface area contributed by atoms with Crippen molar-refractivity contribution in [3.63, 3.8) is 0 Å². The highest BCUT2D eigenvalue weighted by Crippen LogP contribution is 2.25. The van der Waals surface area contributed by atoms with E-state index < -0.39 is 0 Å². The SMILES string of the molecule is CN=C(NCCOc1ccccc1C(C)C)NCCc1csc(C)n1. The minimum atomic E-state index is 0.452. The van der Waals surface area contributed by atoms with Gasteiger partial charge in [-0.2, -0.15) is 0 Å². The molecule has 0 aliphatic rings. The highest BCUT2D eigenvalue weighted by Gasteiger charge is 2.06. The topological polar surface area (TPSA) is 58.5 Å². The van der Waals surface area contributed by atoms with Gasteiger partial charge in [-0.3, -0.25) is 4.99 Å². The van der Waals surface area contributed by atoms with Crippen LogP contribution in [-0.4, -0.2) is 37.7 Å². The lowest BCUT2D eigenvalue weighted by atomic mass is 10.0. The first kappa shape index (κ1) is 19.2. The lowest BCUT2D eigenvalue weighted by Gasteiger charge is -2.15. The fourth-order valence-electron chi connectivity index (χ4n) is 2.47. The van der Waals surface area contributed by atoms with Gasteiger partial charge in [-0.15, -0.1) is 11.3 Å². The molecule has 0 aliphatic carbocycles. The molecule has 0 atom stereocenters. The molecule has 0 spiro atoms. The predicted octanol–water partition coefficient (Wildman–Crippen LogP) is 3.36. The molecule has 0 fully saturated rings. The molecule has 0 aliphatic heterocycles. The number of hydrogen-bond donors (Lipinski definition) is 2. The molecule has 0 amide bonds. The molecule has 0 unspecified atom stereocenters. The molecule has 2 rings (SSSR count). The number of nitrogens with one attached hydrogen (secondary N) is 2. The van der Waals surface area contributed by atoms with Gasteiger partial charge in [0, 0.05) is 25.4 Å². The highest BCUT2D eigenvalue weighted by molar-refractivity contribution is 7.09. The first-order valence-corrected chi connectivity index (χ1v) is 9.55. The Balaban J connectivity index is 1.69. The average Bonchev–Trinajstić information content (AvgIpc) is 3.02. The average molecular weight is 361 g/mol. The molecule has 0 bridgehead atoms. The number of aliphatic imine (C=N–C) groups is 1. The Bertz CT molecular complexity index is 682. The number of hydrogen-bond acceptors (Lipinski definition) is 4. The Kier molecular flexibility index (Phi) is 7.73. The van der Waals surface area contributed by atoms with Gasteiger partial charge >= 0.3 is 0 Å². The Morgan fingerprint density at radius 2 is 2.00 bits per heavy atom. The summed E-state index contributed by atoms with van der Waals surface area (Å²) in [6, 6.07) is 8.21. The van der Waals surface area contributed by atoms with Crippen LogP contribution in [0.5, 0.6) is 5.75 Å². The zero-order valence-electron chi connectivity index (χ0n) is 15.5. The molecule has 5 nitrogen and oxygen atoms in total. The monoisotopic (exact) mass is 360 g/mol. The summed E-state index contributed by atoms with van der Waals surface area (Å²) in [6.07, 6.45) is 0.892. The van der Waals surface area contributed by atoms with Gasteiger partial charge in [-0.1, -0.05) is 32.0 Å². The van der Waals surface area contributed by atoms with Gasteiger partial charge in [0.2, 0.25) is 0 Å². The van der Waals surface area contributed by atoms with Crippen molar-refractivity contribution < 1.29 is 4.74 Å². The zero-order chi connectivity index (χ0) is 18.1. The molecule has 0 saturated heterocycles. The van der Waals surface area contributed by atoms with E-state index in [-0.39, 0.29) is 0 Å². The van der Waals surface area contributed by atoms with Crippen LogP contribution in [0.4, 0.5) is 0 Å². The van der Waals surface area contributed by atoms with Crippen LogP contribution in [0, 0.1) is 6.92 Å². The van der Waals surface area contributed by atoms with Crippen molar-refractivity contribution in [1.29, 1.82) is 0 Å². The summed E-state index contributed by atoms with van der Waals surface area (Å²) in [7, 11) is 1.78. The first-order valence-electron chi connectivity index (χ1n) is 8.67. The summed E-state index contributed by atoms with van der Waals surface area (Å²) in [5.41, 5.74) is 2.36. The quantitative estimate of drug-likeness (QED) is 0.430. The van der Waals surface area contributed by atoms with Crippen LogP contribution in [0.25, 0.3) is 0 Å². The number of benzene rings is 1. The molecule has 2 N–H and O–H groups in total. The van der Waals surface area contributed by atoms with E-state index in [9.17, 15) is 0 Å². The second-order valence-corrected chi connectivity index (χ2v) is 7.14. The fraction of sp³-hybridized carbons (Fsp3) is 0.474. The summed E-state index contributed by atoms with van der Waals surface area (Å²) in [6.45, 7) is 8.48. The number of guanidine groups is 1. The Labute approximate surface area is 154 Å². The van der Waals surface area contributed by atoms with E-state index in [1.807, 2.05) is 19.1 Å². The van der Waals surface area contributed by atoms with Crippen molar-refractivity contribution in [3.05, 3.63) is 45.9 Å². The van der Waals surface area contributed by atoms with E-state index in [0.29, 0.717) is 19.1 Å². The minimum Gasteiger partial charge on any atom is -0.491 e. The molecule has 136 valence electrons. The van der Waals surface area contributed by atoms with Crippen molar-refractivity contribution in [2.24, 2.45) is 4.99 Å². The smallest absolute Gasteiger partial charge is 0.191 e. The van der Waals surface area contributed by atoms with E-state index in [1.165, 1.54) is 5.56 Å². The van der Waals surface area contributed by atoms with Crippen molar-refractivity contribution >= 4 is 17.3 Å². The van der Waals surface area contributed by atoms with Crippen LogP contribution in [0.15, 0.2) is 34.6 Å². The third kappa shape index (κ3) is 6.38. The summed E-state index contributed by atoms with van der Waals surface area (Å²) in [5, 5.41) is 9.79. The molecule has 0 saturated carbocycles. The summed E-state index contributed by atoms with van der Waals surface area (Å²) < 4.78 is 5.92. The second kappa shape index (κ2) is 10.0. The fourth-order valence-corrected chi connectivity index (χ4v) is 3.12. The number of rotatable bonds is 8. The van der Waals surface area contributed by atoms with Crippen molar-refractivity contribution in [3.8, 4) is 5.75 Å². The first-order chi connectivity index (χ1) is 12.1. The molecule has 1 heterocycles. The zero-order valence-corrected chi connectivity index (χ0v) is 16.3. The van der Waals surface area contributed by atoms with Crippen LogP contribution < -0.4 is 15.4 Å². The van der Waals surface area contributed by atoms with Gasteiger partial charge in [0.1, 0.15) is 12.4 Å². The van der Waals surface area contributed by atoms with E-state index >= 15 is 0 Å². The third-order valence-corrected chi connectivity index (χ3v) is 4.58. The maximum absolute atomic E-state index is 5.92. The Morgan fingerprint density at radius 3 is 2.68 bits per heavy atom. The molecular weight excluding hydrogens is 332 g/mol. The molecule has 2 aromatic rings. The highest BCUT2D eigenvalue weighted by atomic mass is 32.1. The van der Waals surface area contributed by atoms with E-state index in [4.69, 9.17) is 4.74 Å². The van der Waals surface area contributed by atoms with Crippen molar-refractivity contribution in [2.75, 3.05) is 26.7 Å². The number of nitrogens with zero attached hydrogens (tertiary/aromatic N) is 2. The van der Waals surface area contributed by atoms with Crippen molar-refractivity contribution in [2.45, 2.75) is 33.1 Å². The van der Waals surface area contributed by atoms with E-state index in [0.717, 1.165) is 35.4 Å². The molecular formula is C19H28N4OS. The van der Waals surface area contributed by atoms with Gasteiger partial charge in [-0.05, 0) is 24.5 Å². The van der Waals surface area contributed by atoms with Gasteiger partial charge in [0.05, 0.1) is 17.2 Å². The normalized spacial score (nSPS) is 11.6. The molecule has 6 heteroatoms. The standard InChI is InChI=1S/C19H28N4OS/c1-14(2)17-7-5-6-8-18(17)24-12-11-22-19(20-4)21-10-9-16-13-25-15(3)23-16/h5-8,13-14H,9-12H2,1-4H3,(H2,20,21,22). The van der Waals surface area contributed by atoms with E-state index in [1.54, 1.807) is 18.4 Å². The maximum Gasteiger partial charge on any atom is 0.191 e. The Hall–Kier alpha value is -2.08. The van der Waals surface area contributed by atoms with Crippen LogP contribution in [-0.2, 0) is 6.42 Å². The largest absolute Gasteiger partial charge is 0.491 e. The van der Waals surface area contributed by atoms with Crippen LogP contribution in [0.3, 0.4) is 0 Å². The third-order valence-electron chi connectivity index (χ3n) is 3.76. The lowest BCUT2D eigenvalue weighted by Crippen LogP contribution is -2.40. The van der Waals surface area contributed by atoms with Gasteiger partial charge < -0.3 is 15.4 Å².